The van der Waals surface area contributed by atoms with Gasteiger partial charge in [0.15, 0.2) is 0 Å². The Bertz CT molecular complexity index is 923. The minimum Gasteiger partial charge on any atom is -0.497 e. The number of carbonyl (C=O) groups is 2. The van der Waals surface area contributed by atoms with Crippen molar-refractivity contribution in [2.45, 2.75) is 18.9 Å². The van der Waals surface area contributed by atoms with Crippen LogP contribution >= 0.6 is 0 Å². The molecule has 7 nitrogen and oxygen atoms in total. The van der Waals surface area contributed by atoms with Gasteiger partial charge in [0.1, 0.15) is 29.2 Å². The van der Waals surface area contributed by atoms with Crippen molar-refractivity contribution < 1.29 is 27.8 Å². The zero-order valence-electron chi connectivity index (χ0n) is 16.0. The van der Waals surface area contributed by atoms with E-state index in [-0.39, 0.29) is 5.69 Å². The molecule has 3 amide bonds. The lowest BCUT2D eigenvalue weighted by Crippen LogP contribution is -2.45. The highest BCUT2D eigenvalue weighted by molar-refractivity contribution is 6.00. The zero-order chi connectivity index (χ0) is 21.0. The average Bonchev–Trinajstić information content (AvgIpc) is 3.20. The summed E-state index contributed by atoms with van der Waals surface area (Å²) in [5, 5.41) is 5.15. The first kappa shape index (κ1) is 20.4. The number of ether oxygens (including phenoxy) is 2. The molecule has 1 heterocycles. The van der Waals surface area contributed by atoms with E-state index in [2.05, 4.69) is 10.6 Å². The number of halogens is 2. The van der Waals surface area contributed by atoms with Crippen LogP contribution in [0.5, 0.6) is 11.5 Å². The van der Waals surface area contributed by atoms with Gasteiger partial charge in [-0.1, -0.05) is 0 Å². The fraction of sp³-hybridized carbons (Fsp3) is 0.300. The standard InChI is InChI=1S/C20H21F2N3O4/c1-28-13-6-8-18(29-2)16(11-13)23-19(26)17-4-3-9-25(17)20(27)24-15-7-5-12(21)10-14(15)22/h5-8,10-11,17H,3-4,9H2,1-2H3,(H,23,26)(H,24,27). The topological polar surface area (TPSA) is 79.9 Å². The van der Waals surface area contributed by atoms with Gasteiger partial charge in [-0.2, -0.15) is 0 Å². The molecule has 1 unspecified atom stereocenters. The number of anilines is 2. The predicted octanol–water partition coefficient (Wildman–Crippen LogP) is 3.62. The first-order valence-electron chi connectivity index (χ1n) is 8.98. The summed E-state index contributed by atoms with van der Waals surface area (Å²) < 4.78 is 37.3. The van der Waals surface area contributed by atoms with E-state index in [1.807, 2.05) is 0 Å². The number of hydrogen-bond donors (Lipinski definition) is 2. The number of nitrogens with zero attached hydrogens (tertiary/aromatic N) is 1. The molecule has 2 aromatic carbocycles. The van der Waals surface area contributed by atoms with Crippen molar-refractivity contribution in [1.82, 2.24) is 4.90 Å². The molecule has 1 fully saturated rings. The molecule has 3 rings (SSSR count). The van der Waals surface area contributed by atoms with Gasteiger partial charge in [0.2, 0.25) is 5.91 Å². The van der Waals surface area contributed by atoms with Crippen LogP contribution in [0, 0.1) is 11.6 Å². The van der Waals surface area contributed by atoms with Crippen LogP contribution < -0.4 is 20.1 Å². The summed E-state index contributed by atoms with van der Waals surface area (Å²) in [6, 6.07) is 6.45. The molecular formula is C20H21F2N3O4. The van der Waals surface area contributed by atoms with Crippen LogP contribution in [0.15, 0.2) is 36.4 Å². The maximum atomic E-state index is 13.8. The number of methoxy groups -OCH3 is 2. The minimum atomic E-state index is -0.889. The molecule has 0 spiro atoms. The van der Waals surface area contributed by atoms with Gasteiger partial charge in [0, 0.05) is 18.7 Å². The van der Waals surface area contributed by atoms with Crippen molar-refractivity contribution >= 4 is 23.3 Å². The van der Waals surface area contributed by atoms with Gasteiger partial charge >= 0.3 is 6.03 Å². The summed E-state index contributed by atoms with van der Waals surface area (Å²) in [7, 11) is 2.98. The lowest BCUT2D eigenvalue weighted by molar-refractivity contribution is -0.119. The van der Waals surface area contributed by atoms with Crippen molar-refractivity contribution in [1.29, 1.82) is 0 Å². The lowest BCUT2D eigenvalue weighted by atomic mass is 10.2. The SMILES string of the molecule is COc1ccc(OC)c(NC(=O)C2CCCN2C(=O)Nc2ccc(F)cc2F)c1. The Morgan fingerprint density at radius 1 is 1.03 bits per heavy atom. The Kier molecular flexibility index (Phi) is 6.16. The van der Waals surface area contributed by atoms with E-state index in [4.69, 9.17) is 9.47 Å². The smallest absolute Gasteiger partial charge is 0.322 e. The molecule has 9 heteroatoms. The molecule has 2 N–H and O–H groups in total. The van der Waals surface area contributed by atoms with Gasteiger partial charge in [-0.15, -0.1) is 0 Å². The molecule has 1 aliphatic rings. The molecule has 2 aromatic rings. The Hall–Kier alpha value is -3.36. The van der Waals surface area contributed by atoms with Gasteiger partial charge < -0.3 is 25.0 Å². The number of carbonyl (C=O) groups excluding carboxylic acids is 2. The summed E-state index contributed by atoms with van der Waals surface area (Å²) in [5.74, 6) is -1.05. The van der Waals surface area contributed by atoms with Crippen molar-refractivity contribution in [3.8, 4) is 11.5 Å². The third-order valence-corrected chi connectivity index (χ3v) is 4.65. The fourth-order valence-corrected chi connectivity index (χ4v) is 3.19. The highest BCUT2D eigenvalue weighted by Crippen LogP contribution is 2.30. The zero-order valence-corrected chi connectivity index (χ0v) is 16.0. The maximum Gasteiger partial charge on any atom is 0.322 e. The van der Waals surface area contributed by atoms with Crippen LogP contribution in [0.25, 0.3) is 0 Å². The van der Waals surface area contributed by atoms with Gasteiger partial charge in [0.05, 0.1) is 25.6 Å². The van der Waals surface area contributed by atoms with Crippen LogP contribution in [-0.4, -0.2) is 43.6 Å². The lowest BCUT2D eigenvalue weighted by Gasteiger charge is -2.24. The molecular weight excluding hydrogens is 384 g/mol. The third-order valence-electron chi connectivity index (χ3n) is 4.65. The van der Waals surface area contributed by atoms with Crippen molar-refractivity contribution in [3.63, 3.8) is 0 Å². The summed E-state index contributed by atoms with van der Waals surface area (Å²) >= 11 is 0. The van der Waals surface area contributed by atoms with Gasteiger partial charge in [-0.3, -0.25) is 4.79 Å². The van der Waals surface area contributed by atoms with Crippen LogP contribution in [0.2, 0.25) is 0 Å². The van der Waals surface area contributed by atoms with E-state index in [0.29, 0.717) is 42.6 Å². The monoisotopic (exact) mass is 405 g/mol. The van der Waals surface area contributed by atoms with Gasteiger partial charge in [-0.05, 0) is 37.1 Å². The summed E-state index contributed by atoms with van der Waals surface area (Å²) in [5.41, 5.74) is 0.255. The number of rotatable bonds is 5. The van der Waals surface area contributed by atoms with E-state index in [1.54, 1.807) is 18.2 Å². The summed E-state index contributed by atoms with van der Waals surface area (Å²) in [6.07, 6.45) is 1.07. The second-order valence-electron chi connectivity index (χ2n) is 6.46. The molecule has 0 saturated carbocycles. The molecule has 29 heavy (non-hydrogen) atoms. The molecule has 154 valence electrons. The van der Waals surface area contributed by atoms with Crippen LogP contribution in [0.1, 0.15) is 12.8 Å². The number of urea groups is 1. The van der Waals surface area contributed by atoms with Crippen LogP contribution in [-0.2, 0) is 4.79 Å². The Morgan fingerprint density at radius 3 is 2.52 bits per heavy atom. The van der Waals surface area contributed by atoms with E-state index in [0.717, 1.165) is 12.1 Å². The van der Waals surface area contributed by atoms with Crippen LogP contribution in [0.4, 0.5) is 25.0 Å². The number of amides is 3. The quantitative estimate of drug-likeness (QED) is 0.796. The molecule has 0 aromatic heterocycles. The first-order valence-corrected chi connectivity index (χ1v) is 8.98. The molecule has 1 atom stereocenters. The Morgan fingerprint density at radius 2 is 1.83 bits per heavy atom. The first-order chi connectivity index (χ1) is 13.9. The molecule has 0 radical (unpaired) electrons. The van der Waals surface area contributed by atoms with E-state index < -0.39 is 29.6 Å². The van der Waals surface area contributed by atoms with Gasteiger partial charge in [0.25, 0.3) is 0 Å². The van der Waals surface area contributed by atoms with E-state index in [1.165, 1.54) is 19.1 Å². The minimum absolute atomic E-state index is 0.156. The summed E-state index contributed by atoms with van der Waals surface area (Å²) in [6.45, 7) is 0.335. The predicted molar refractivity (Wildman–Crippen MR) is 103 cm³/mol. The van der Waals surface area contributed by atoms with E-state index in [9.17, 15) is 18.4 Å². The Balaban J connectivity index is 1.73. The highest BCUT2D eigenvalue weighted by Gasteiger charge is 2.34. The number of benzene rings is 2. The van der Waals surface area contributed by atoms with Gasteiger partial charge in [-0.25, -0.2) is 13.6 Å². The van der Waals surface area contributed by atoms with Crippen LogP contribution in [0.3, 0.4) is 0 Å². The molecule has 1 aliphatic heterocycles. The summed E-state index contributed by atoms with van der Waals surface area (Å²) in [4.78, 5) is 26.7. The third kappa shape index (κ3) is 4.56. The van der Waals surface area contributed by atoms with Crippen molar-refractivity contribution in [3.05, 3.63) is 48.0 Å². The molecule has 0 bridgehead atoms. The molecule has 1 saturated heterocycles. The van der Waals surface area contributed by atoms with Crippen molar-refractivity contribution in [2.24, 2.45) is 0 Å². The largest absolute Gasteiger partial charge is 0.497 e. The maximum absolute atomic E-state index is 13.8. The van der Waals surface area contributed by atoms with Crippen molar-refractivity contribution in [2.75, 3.05) is 31.4 Å². The Labute approximate surface area is 166 Å². The number of likely N-dealkylation sites (tertiary alicyclic amines) is 1. The number of nitrogens with one attached hydrogen (secondary N) is 2. The molecule has 0 aliphatic carbocycles. The second kappa shape index (κ2) is 8.76. The second-order valence-corrected chi connectivity index (χ2v) is 6.46. The number of hydrogen-bond acceptors (Lipinski definition) is 4. The fourth-order valence-electron chi connectivity index (χ4n) is 3.19. The average molecular weight is 405 g/mol. The highest BCUT2D eigenvalue weighted by atomic mass is 19.1. The normalized spacial score (nSPS) is 15.7. The van der Waals surface area contributed by atoms with E-state index >= 15 is 0 Å².